The highest BCUT2D eigenvalue weighted by atomic mass is 15.1. The molecule has 4 nitrogen and oxygen atoms in total. The number of benzene rings is 1. The molecule has 1 aromatic rings. The Bertz CT molecular complexity index is 476. The van der Waals surface area contributed by atoms with Crippen LogP contribution in [0.2, 0.25) is 0 Å². The molecule has 0 amide bonds. The summed E-state index contributed by atoms with van der Waals surface area (Å²) in [4.78, 5) is 6.97. The quantitative estimate of drug-likeness (QED) is 0.461. The smallest absolute Gasteiger partial charge is 0.193 e. The van der Waals surface area contributed by atoms with Crippen molar-refractivity contribution in [3.63, 3.8) is 0 Å². The number of rotatable bonds is 7. The molecule has 0 radical (unpaired) electrons. The third kappa shape index (κ3) is 5.68. The Kier molecular flexibility index (Phi) is 6.72. The average Bonchev–Trinajstić information content (AvgIpc) is 3.00. The Morgan fingerprint density at radius 1 is 1.27 bits per heavy atom. The Hall–Kier alpha value is -1.55. The number of likely N-dealkylation sites (tertiary alicyclic amines) is 1. The van der Waals surface area contributed by atoms with Gasteiger partial charge >= 0.3 is 0 Å². The van der Waals surface area contributed by atoms with Gasteiger partial charge in [-0.2, -0.15) is 0 Å². The van der Waals surface area contributed by atoms with Crippen molar-refractivity contribution in [2.24, 2.45) is 10.7 Å². The normalized spacial score (nSPS) is 16.4. The van der Waals surface area contributed by atoms with Gasteiger partial charge in [-0.05, 0) is 68.9 Å². The average molecular weight is 302 g/mol. The van der Waals surface area contributed by atoms with Crippen molar-refractivity contribution in [3.8, 4) is 0 Å². The number of nitrogens with zero attached hydrogens (tertiary/aromatic N) is 2. The Balaban J connectivity index is 1.69. The molecule has 3 N–H and O–H groups in total. The van der Waals surface area contributed by atoms with E-state index in [0.29, 0.717) is 11.9 Å². The van der Waals surface area contributed by atoms with E-state index < -0.39 is 0 Å². The zero-order valence-corrected chi connectivity index (χ0v) is 14.0. The van der Waals surface area contributed by atoms with E-state index in [1.807, 2.05) is 6.07 Å². The molecular formula is C18H30N4. The minimum atomic E-state index is 0.516. The topological polar surface area (TPSA) is 53.6 Å². The van der Waals surface area contributed by atoms with Crippen LogP contribution in [0.5, 0.6) is 0 Å². The van der Waals surface area contributed by atoms with Crippen LogP contribution in [0.15, 0.2) is 29.3 Å². The number of nitrogens with two attached hydrogens (primary N) is 1. The van der Waals surface area contributed by atoms with Gasteiger partial charge < -0.3 is 16.0 Å². The zero-order valence-electron chi connectivity index (χ0n) is 14.0. The molecule has 0 spiro atoms. The molecule has 2 rings (SSSR count). The molecule has 0 unspecified atom stereocenters. The number of anilines is 1. The highest BCUT2D eigenvalue weighted by Gasteiger charge is 2.09. The van der Waals surface area contributed by atoms with Crippen molar-refractivity contribution in [2.75, 3.05) is 31.5 Å². The molecule has 0 saturated carbocycles. The van der Waals surface area contributed by atoms with Crippen molar-refractivity contribution in [2.45, 2.75) is 45.4 Å². The molecule has 1 saturated heterocycles. The van der Waals surface area contributed by atoms with Gasteiger partial charge in [0.25, 0.3) is 0 Å². The van der Waals surface area contributed by atoms with Gasteiger partial charge in [0.05, 0.1) is 0 Å². The third-order valence-corrected chi connectivity index (χ3v) is 4.19. The van der Waals surface area contributed by atoms with Crippen molar-refractivity contribution in [1.29, 1.82) is 0 Å². The summed E-state index contributed by atoms with van der Waals surface area (Å²) in [7, 11) is 0. The number of unbranched alkanes of at least 4 members (excludes halogenated alkanes) is 1. The largest absolute Gasteiger partial charge is 0.370 e. The molecule has 1 aliphatic rings. The number of guanidine groups is 1. The monoisotopic (exact) mass is 302 g/mol. The van der Waals surface area contributed by atoms with E-state index in [4.69, 9.17) is 5.73 Å². The summed E-state index contributed by atoms with van der Waals surface area (Å²) in [6.07, 6.45) is 5.04. The van der Waals surface area contributed by atoms with Gasteiger partial charge in [0.1, 0.15) is 0 Å². The van der Waals surface area contributed by atoms with E-state index in [1.165, 1.54) is 44.5 Å². The number of aliphatic imine (C=N–C) groups is 1. The van der Waals surface area contributed by atoms with Crippen LogP contribution in [0.25, 0.3) is 0 Å². The molecule has 4 heteroatoms. The Labute approximate surface area is 134 Å². The lowest BCUT2D eigenvalue weighted by Crippen LogP contribution is -2.23. The molecule has 1 aromatic carbocycles. The maximum atomic E-state index is 5.96. The van der Waals surface area contributed by atoms with Crippen molar-refractivity contribution in [3.05, 3.63) is 29.8 Å². The van der Waals surface area contributed by atoms with Crippen molar-refractivity contribution < 1.29 is 0 Å². The molecular weight excluding hydrogens is 272 g/mol. The van der Waals surface area contributed by atoms with Crippen LogP contribution >= 0.6 is 0 Å². The zero-order chi connectivity index (χ0) is 15.8. The molecule has 1 heterocycles. The first-order valence-corrected chi connectivity index (χ1v) is 8.54. The van der Waals surface area contributed by atoms with E-state index in [-0.39, 0.29) is 0 Å². The summed E-state index contributed by atoms with van der Waals surface area (Å²) in [5.41, 5.74) is 8.29. The number of nitrogens with one attached hydrogen (secondary N) is 1. The van der Waals surface area contributed by atoms with Crippen LogP contribution in [0.3, 0.4) is 0 Å². The molecule has 0 bridgehead atoms. The summed E-state index contributed by atoms with van der Waals surface area (Å²) in [5.74, 6) is 1.03. The summed E-state index contributed by atoms with van der Waals surface area (Å²) in [6, 6.07) is 8.37. The summed E-state index contributed by atoms with van der Waals surface area (Å²) >= 11 is 0. The first-order chi connectivity index (χ1) is 10.6. The van der Waals surface area contributed by atoms with Gasteiger partial charge in [0.2, 0.25) is 0 Å². The first-order valence-electron chi connectivity index (χ1n) is 8.54. The van der Waals surface area contributed by atoms with Crippen LogP contribution in [0.1, 0.15) is 51.0 Å². The highest BCUT2D eigenvalue weighted by Crippen LogP contribution is 2.18. The third-order valence-electron chi connectivity index (χ3n) is 4.19. The van der Waals surface area contributed by atoms with Crippen LogP contribution < -0.4 is 11.1 Å². The standard InChI is InChI=1S/C18H30N4/c1-15(2)16-8-7-9-17(14-16)21-18(19)20-10-3-4-11-22-12-5-6-13-22/h7-9,14-15H,3-6,10-13H2,1-2H3,(H3,19,20,21). The first kappa shape index (κ1) is 16.8. The molecule has 0 aromatic heterocycles. The van der Waals surface area contributed by atoms with Gasteiger partial charge in [-0.25, -0.2) is 0 Å². The fraction of sp³-hybridized carbons (Fsp3) is 0.611. The lowest BCUT2D eigenvalue weighted by atomic mass is 10.0. The Morgan fingerprint density at radius 3 is 2.77 bits per heavy atom. The van der Waals surface area contributed by atoms with E-state index >= 15 is 0 Å². The van der Waals surface area contributed by atoms with E-state index in [0.717, 1.165) is 18.7 Å². The molecule has 1 aliphatic heterocycles. The van der Waals surface area contributed by atoms with Gasteiger partial charge in [0, 0.05) is 12.2 Å². The van der Waals surface area contributed by atoms with Crippen molar-refractivity contribution >= 4 is 11.6 Å². The van der Waals surface area contributed by atoms with E-state index in [1.54, 1.807) is 0 Å². The molecule has 122 valence electrons. The van der Waals surface area contributed by atoms with E-state index in [2.05, 4.69) is 47.3 Å². The maximum Gasteiger partial charge on any atom is 0.193 e. The van der Waals surface area contributed by atoms with Crippen LogP contribution in [-0.2, 0) is 0 Å². The predicted molar refractivity (Wildman–Crippen MR) is 95.6 cm³/mol. The van der Waals surface area contributed by atoms with Gasteiger partial charge in [-0.3, -0.25) is 4.99 Å². The van der Waals surface area contributed by atoms with Crippen molar-refractivity contribution in [1.82, 2.24) is 4.90 Å². The minimum absolute atomic E-state index is 0.516. The number of hydrogen-bond donors (Lipinski definition) is 2. The summed E-state index contributed by atoms with van der Waals surface area (Å²) in [5, 5.41) is 3.19. The van der Waals surface area contributed by atoms with Crippen LogP contribution in [0.4, 0.5) is 5.69 Å². The summed E-state index contributed by atoms with van der Waals surface area (Å²) in [6.45, 7) is 8.95. The molecule has 1 fully saturated rings. The second-order valence-electron chi connectivity index (χ2n) is 6.43. The SMILES string of the molecule is CC(C)c1cccc(NC(N)=NCCCCN2CCCC2)c1. The van der Waals surface area contributed by atoms with E-state index in [9.17, 15) is 0 Å². The summed E-state index contributed by atoms with van der Waals surface area (Å²) < 4.78 is 0. The molecule has 0 atom stereocenters. The second kappa shape index (κ2) is 8.79. The van der Waals surface area contributed by atoms with Gasteiger partial charge in [-0.1, -0.05) is 26.0 Å². The maximum absolute atomic E-state index is 5.96. The Morgan fingerprint density at radius 2 is 2.05 bits per heavy atom. The lowest BCUT2D eigenvalue weighted by Gasteiger charge is -2.13. The highest BCUT2D eigenvalue weighted by molar-refractivity contribution is 5.92. The van der Waals surface area contributed by atoms with Gasteiger partial charge in [0.15, 0.2) is 5.96 Å². The lowest BCUT2D eigenvalue weighted by molar-refractivity contribution is 0.331. The second-order valence-corrected chi connectivity index (χ2v) is 6.43. The predicted octanol–water partition coefficient (Wildman–Crippen LogP) is 3.41. The molecule has 22 heavy (non-hydrogen) atoms. The number of hydrogen-bond acceptors (Lipinski definition) is 2. The van der Waals surface area contributed by atoms with Crippen LogP contribution in [-0.4, -0.2) is 37.0 Å². The fourth-order valence-electron chi connectivity index (χ4n) is 2.82. The molecule has 0 aliphatic carbocycles. The van der Waals surface area contributed by atoms with Gasteiger partial charge in [-0.15, -0.1) is 0 Å². The van der Waals surface area contributed by atoms with Crippen LogP contribution in [0, 0.1) is 0 Å². The minimum Gasteiger partial charge on any atom is -0.370 e. The fourth-order valence-corrected chi connectivity index (χ4v) is 2.82.